The van der Waals surface area contributed by atoms with E-state index in [-0.39, 0.29) is 27.1 Å². The maximum atomic E-state index is 13.0. The lowest BCUT2D eigenvalue weighted by Crippen LogP contribution is -2.15. The monoisotopic (exact) mass is 393 g/mol. The topological polar surface area (TPSA) is 81.1 Å². The number of hydrogen-bond acceptors (Lipinski definition) is 4. The Morgan fingerprint density at radius 2 is 1.85 bits per heavy atom. The first-order chi connectivity index (χ1) is 12.3. The van der Waals surface area contributed by atoms with Gasteiger partial charge in [-0.2, -0.15) is 5.10 Å². The first-order valence-electron chi connectivity index (χ1n) is 7.37. The quantitative estimate of drug-likeness (QED) is 0.737. The van der Waals surface area contributed by atoms with E-state index in [4.69, 9.17) is 11.6 Å². The summed E-state index contributed by atoms with van der Waals surface area (Å²) in [7, 11) is -3.64. The number of anilines is 1. The summed E-state index contributed by atoms with van der Waals surface area (Å²) in [5, 5.41) is 6.65. The summed E-state index contributed by atoms with van der Waals surface area (Å²) in [4.78, 5) is 12.3. The Balaban J connectivity index is 1.89. The molecule has 3 rings (SSSR count). The van der Waals surface area contributed by atoms with Crippen LogP contribution in [0.1, 0.15) is 10.5 Å². The summed E-state index contributed by atoms with van der Waals surface area (Å²) < 4.78 is 38.2. The van der Waals surface area contributed by atoms with Gasteiger partial charge in [-0.25, -0.2) is 17.5 Å². The minimum atomic E-state index is -3.64. The molecule has 1 N–H and O–H groups in total. The molecule has 6 nitrogen and oxygen atoms in total. The largest absolute Gasteiger partial charge is 0.319 e. The zero-order valence-corrected chi connectivity index (χ0v) is 15.1. The standard InChI is InChI=1S/C17H13ClFN3O3S/c1-26(24,25)16-13(18)3-2-4-14(16)20-17(23)15-9-10-22(21-15)12-7-5-11(19)6-8-12/h2-10H,1H3,(H,20,23). The van der Waals surface area contributed by atoms with E-state index in [1.54, 1.807) is 0 Å². The third-order valence-electron chi connectivity index (χ3n) is 3.50. The van der Waals surface area contributed by atoms with Gasteiger partial charge in [0.05, 0.1) is 16.4 Å². The van der Waals surface area contributed by atoms with E-state index < -0.39 is 15.7 Å². The van der Waals surface area contributed by atoms with E-state index in [0.29, 0.717) is 5.69 Å². The van der Waals surface area contributed by atoms with Gasteiger partial charge in [-0.05, 0) is 42.5 Å². The molecule has 0 aliphatic heterocycles. The average Bonchev–Trinajstić information content (AvgIpc) is 3.04. The fraction of sp³-hybridized carbons (Fsp3) is 0.0588. The van der Waals surface area contributed by atoms with E-state index >= 15 is 0 Å². The van der Waals surface area contributed by atoms with Crippen LogP contribution in [-0.4, -0.2) is 30.4 Å². The number of amides is 1. The zero-order chi connectivity index (χ0) is 18.9. The molecule has 0 saturated heterocycles. The van der Waals surface area contributed by atoms with Crippen molar-refractivity contribution in [1.82, 2.24) is 9.78 Å². The lowest BCUT2D eigenvalue weighted by atomic mass is 10.3. The molecule has 0 aliphatic carbocycles. The van der Waals surface area contributed by atoms with Gasteiger partial charge in [0.25, 0.3) is 5.91 Å². The molecule has 0 saturated carbocycles. The first-order valence-corrected chi connectivity index (χ1v) is 9.64. The number of nitrogens with zero attached hydrogens (tertiary/aromatic N) is 2. The van der Waals surface area contributed by atoms with Gasteiger partial charge < -0.3 is 5.32 Å². The Bertz CT molecular complexity index is 1080. The van der Waals surface area contributed by atoms with Crippen molar-refractivity contribution in [2.45, 2.75) is 4.90 Å². The summed E-state index contributed by atoms with van der Waals surface area (Å²) in [6.07, 6.45) is 2.55. The number of sulfone groups is 1. The molecule has 26 heavy (non-hydrogen) atoms. The van der Waals surface area contributed by atoms with Crippen molar-refractivity contribution in [3.05, 3.63) is 71.3 Å². The van der Waals surface area contributed by atoms with Crippen LogP contribution in [0.25, 0.3) is 5.69 Å². The number of nitrogens with one attached hydrogen (secondary N) is 1. The second-order valence-corrected chi connectivity index (χ2v) is 7.82. The average molecular weight is 394 g/mol. The van der Waals surface area contributed by atoms with Gasteiger partial charge in [0.15, 0.2) is 15.5 Å². The molecule has 1 amide bonds. The minimum absolute atomic E-state index is 0.0159. The molecule has 0 radical (unpaired) electrons. The van der Waals surface area contributed by atoms with Crippen molar-refractivity contribution in [1.29, 1.82) is 0 Å². The van der Waals surface area contributed by atoms with Gasteiger partial charge in [0, 0.05) is 12.5 Å². The fourth-order valence-corrected chi connectivity index (χ4v) is 3.89. The lowest BCUT2D eigenvalue weighted by Gasteiger charge is -2.10. The van der Waals surface area contributed by atoms with Crippen LogP contribution in [0, 0.1) is 5.82 Å². The van der Waals surface area contributed by atoms with Crippen LogP contribution in [0.3, 0.4) is 0 Å². The fourth-order valence-electron chi connectivity index (χ4n) is 2.35. The first kappa shape index (κ1) is 18.1. The van der Waals surface area contributed by atoms with Gasteiger partial charge in [-0.15, -0.1) is 0 Å². The van der Waals surface area contributed by atoms with Crippen LogP contribution in [0.15, 0.2) is 59.6 Å². The molecular weight excluding hydrogens is 381 g/mol. The Morgan fingerprint density at radius 3 is 2.50 bits per heavy atom. The number of carbonyl (C=O) groups is 1. The maximum Gasteiger partial charge on any atom is 0.276 e. The third kappa shape index (κ3) is 3.76. The zero-order valence-electron chi connectivity index (χ0n) is 13.5. The summed E-state index contributed by atoms with van der Waals surface area (Å²) >= 11 is 5.96. The van der Waals surface area contributed by atoms with E-state index in [1.807, 2.05) is 0 Å². The normalized spacial score (nSPS) is 11.3. The third-order valence-corrected chi connectivity index (χ3v) is 5.11. The molecule has 0 unspecified atom stereocenters. The SMILES string of the molecule is CS(=O)(=O)c1c(Cl)cccc1NC(=O)c1ccn(-c2ccc(F)cc2)n1. The van der Waals surface area contributed by atoms with Crippen molar-refractivity contribution < 1.29 is 17.6 Å². The summed E-state index contributed by atoms with van der Waals surface area (Å²) in [5.41, 5.74) is 0.708. The number of rotatable bonds is 4. The van der Waals surface area contributed by atoms with Gasteiger partial charge >= 0.3 is 0 Å². The predicted molar refractivity (Wildman–Crippen MR) is 96.0 cm³/mol. The number of halogens is 2. The highest BCUT2D eigenvalue weighted by atomic mass is 35.5. The van der Waals surface area contributed by atoms with E-state index in [1.165, 1.54) is 59.4 Å². The molecule has 0 fully saturated rings. The van der Waals surface area contributed by atoms with Gasteiger partial charge in [0.2, 0.25) is 0 Å². The van der Waals surface area contributed by atoms with E-state index in [0.717, 1.165) is 6.26 Å². The Hall–Kier alpha value is -2.71. The molecule has 3 aromatic rings. The van der Waals surface area contributed by atoms with Crippen LogP contribution >= 0.6 is 11.6 Å². The molecule has 0 spiro atoms. The van der Waals surface area contributed by atoms with Crippen LogP contribution in [0.5, 0.6) is 0 Å². The summed E-state index contributed by atoms with van der Waals surface area (Å²) in [5.74, 6) is -0.980. The summed E-state index contributed by atoms with van der Waals surface area (Å²) in [6.45, 7) is 0. The second kappa shape index (κ2) is 6.89. The molecule has 1 heterocycles. The van der Waals surface area contributed by atoms with Gasteiger partial charge in [-0.1, -0.05) is 17.7 Å². The molecule has 0 atom stereocenters. The van der Waals surface area contributed by atoms with Crippen LogP contribution in [0.4, 0.5) is 10.1 Å². The van der Waals surface area contributed by atoms with Crippen LogP contribution < -0.4 is 5.32 Å². The Labute approximate surface area is 154 Å². The molecule has 134 valence electrons. The van der Waals surface area contributed by atoms with Crippen LogP contribution in [-0.2, 0) is 9.84 Å². The molecule has 2 aromatic carbocycles. The van der Waals surface area contributed by atoms with E-state index in [9.17, 15) is 17.6 Å². The van der Waals surface area contributed by atoms with Gasteiger partial charge in [-0.3, -0.25) is 4.79 Å². The molecule has 0 bridgehead atoms. The highest BCUT2D eigenvalue weighted by Gasteiger charge is 2.20. The Kier molecular flexibility index (Phi) is 4.80. The van der Waals surface area contributed by atoms with Gasteiger partial charge in [0.1, 0.15) is 10.7 Å². The van der Waals surface area contributed by atoms with Crippen LogP contribution in [0.2, 0.25) is 5.02 Å². The molecule has 0 aliphatic rings. The highest BCUT2D eigenvalue weighted by molar-refractivity contribution is 7.91. The van der Waals surface area contributed by atoms with Crippen molar-refractivity contribution in [3.63, 3.8) is 0 Å². The number of benzene rings is 2. The number of carbonyl (C=O) groups excluding carboxylic acids is 1. The smallest absolute Gasteiger partial charge is 0.276 e. The molecule has 1 aromatic heterocycles. The predicted octanol–water partition coefficient (Wildman–Crippen LogP) is 3.32. The highest BCUT2D eigenvalue weighted by Crippen LogP contribution is 2.29. The molecular formula is C17H13ClFN3O3S. The number of hydrogen-bond donors (Lipinski definition) is 1. The molecule has 9 heteroatoms. The Morgan fingerprint density at radius 1 is 1.15 bits per heavy atom. The number of aromatic nitrogens is 2. The van der Waals surface area contributed by atoms with Crippen molar-refractivity contribution in [3.8, 4) is 5.69 Å². The maximum absolute atomic E-state index is 13.0. The van der Waals surface area contributed by atoms with Crippen molar-refractivity contribution in [2.24, 2.45) is 0 Å². The van der Waals surface area contributed by atoms with Crippen molar-refractivity contribution >= 4 is 33.0 Å². The lowest BCUT2D eigenvalue weighted by molar-refractivity contribution is 0.102. The van der Waals surface area contributed by atoms with E-state index in [2.05, 4.69) is 10.4 Å². The minimum Gasteiger partial charge on any atom is -0.319 e. The summed E-state index contributed by atoms with van der Waals surface area (Å²) in [6, 6.07) is 11.5. The van der Waals surface area contributed by atoms with Crippen molar-refractivity contribution in [2.75, 3.05) is 11.6 Å². The second-order valence-electron chi connectivity index (χ2n) is 5.46.